The molecule has 21 heavy (non-hydrogen) atoms. The zero-order valence-corrected chi connectivity index (χ0v) is 12.9. The fraction of sp³-hybridized carbons (Fsp3) is 0.235. The molecule has 0 saturated carbocycles. The number of hydrogen-bond donors (Lipinski definition) is 1. The molecule has 2 aromatic rings. The van der Waals surface area contributed by atoms with E-state index in [1.165, 1.54) is 0 Å². The Hall–Kier alpha value is -2.49. The van der Waals surface area contributed by atoms with E-state index in [-0.39, 0.29) is 5.91 Å². The third-order valence-electron chi connectivity index (χ3n) is 3.45. The molecule has 2 N–H and O–H groups in total. The van der Waals surface area contributed by atoms with Crippen molar-refractivity contribution in [2.75, 3.05) is 36.7 Å². The van der Waals surface area contributed by atoms with Crippen LogP contribution in [0.15, 0.2) is 42.5 Å². The van der Waals surface area contributed by atoms with Crippen molar-refractivity contribution in [1.82, 2.24) is 0 Å². The summed E-state index contributed by atoms with van der Waals surface area (Å²) in [5.41, 5.74) is 10.1. The monoisotopic (exact) mass is 283 g/mol. The van der Waals surface area contributed by atoms with Gasteiger partial charge in [0, 0.05) is 32.4 Å². The zero-order valence-electron chi connectivity index (χ0n) is 12.9. The Morgan fingerprint density at radius 1 is 1.05 bits per heavy atom. The molecule has 2 aromatic carbocycles. The first-order chi connectivity index (χ1) is 9.90. The van der Waals surface area contributed by atoms with Crippen molar-refractivity contribution in [1.29, 1.82) is 0 Å². The number of nitrogens with two attached hydrogens (primary N) is 1. The van der Waals surface area contributed by atoms with Crippen LogP contribution < -0.4 is 15.5 Å². The lowest BCUT2D eigenvalue weighted by Gasteiger charge is -2.20. The maximum Gasteiger partial charge on any atom is 0.258 e. The number of rotatable bonds is 3. The first kappa shape index (κ1) is 14.9. The fourth-order valence-corrected chi connectivity index (χ4v) is 2.24. The third-order valence-corrected chi connectivity index (χ3v) is 3.45. The first-order valence-corrected chi connectivity index (χ1v) is 6.81. The average Bonchev–Trinajstić information content (AvgIpc) is 2.45. The van der Waals surface area contributed by atoms with E-state index in [1.807, 2.05) is 56.3 Å². The normalized spacial score (nSPS) is 10.3. The Bertz CT molecular complexity index is 665. The SMILES string of the molecule is Cc1cccc(N(C)C(=O)c2ccc(N(C)C)c(N)c2)c1. The lowest BCUT2D eigenvalue weighted by Crippen LogP contribution is -2.26. The molecule has 0 aliphatic heterocycles. The number of aryl methyl sites for hydroxylation is 1. The van der Waals surface area contributed by atoms with E-state index in [0.717, 1.165) is 16.9 Å². The summed E-state index contributed by atoms with van der Waals surface area (Å²) in [5, 5.41) is 0. The number of carbonyl (C=O) groups excluding carboxylic acids is 1. The first-order valence-electron chi connectivity index (χ1n) is 6.81. The number of amides is 1. The second-order valence-corrected chi connectivity index (χ2v) is 5.37. The molecule has 2 rings (SSSR count). The minimum absolute atomic E-state index is 0.0717. The van der Waals surface area contributed by atoms with Gasteiger partial charge >= 0.3 is 0 Å². The van der Waals surface area contributed by atoms with E-state index in [9.17, 15) is 4.79 Å². The second-order valence-electron chi connectivity index (χ2n) is 5.37. The van der Waals surface area contributed by atoms with Crippen LogP contribution in [0.2, 0.25) is 0 Å². The molecule has 0 heterocycles. The standard InChI is InChI=1S/C17H21N3O/c1-12-6-5-7-14(10-12)20(4)17(21)13-8-9-16(19(2)3)15(18)11-13/h5-11H,18H2,1-4H3. The summed E-state index contributed by atoms with van der Waals surface area (Å²) in [5.74, 6) is -0.0717. The van der Waals surface area contributed by atoms with Crippen molar-refractivity contribution >= 4 is 23.0 Å². The minimum atomic E-state index is -0.0717. The lowest BCUT2D eigenvalue weighted by atomic mass is 10.1. The van der Waals surface area contributed by atoms with Gasteiger partial charge in [-0.05, 0) is 42.8 Å². The zero-order chi connectivity index (χ0) is 15.6. The number of nitrogen functional groups attached to an aromatic ring is 1. The number of benzene rings is 2. The van der Waals surface area contributed by atoms with Crippen molar-refractivity contribution in [2.45, 2.75) is 6.92 Å². The Labute approximate surface area is 125 Å². The van der Waals surface area contributed by atoms with Crippen LogP contribution in [0, 0.1) is 6.92 Å². The summed E-state index contributed by atoms with van der Waals surface area (Å²) >= 11 is 0. The highest BCUT2D eigenvalue weighted by Crippen LogP contribution is 2.24. The van der Waals surface area contributed by atoms with E-state index in [1.54, 1.807) is 24.1 Å². The highest BCUT2D eigenvalue weighted by Gasteiger charge is 2.15. The van der Waals surface area contributed by atoms with Gasteiger partial charge in [-0.2, -0.15) is 0 Å². The number of nitrogens with zero attached hydrogens (tertiary/aromatic N) is 2. The van der Waals surface area contributed by atoms with Gasteiger partial charge < -0.3 is 15.5 Å². The van der Waals surface area contributed by atoms with Crippen LogP contribution >= 0.6 is 0 Å². The number of carbonyl (C=O) groups is 1. The molecule has 4 heteroatoms. The van der Waals surface area contributed by atoms with Crippen LogP contribution in [0.4, 0.5) is 17.1 Å². The van der Waals surface area contributed by atoms with Crippen molar-refractivity contribution in [3.05, 3.63) is 53.6 Å². The molecule has 110 valence electrons. The number of anilines is 3. The summed E-state index contributed by atoms with van der Waals surface area (Å²) in [7, 11) is 5.62. The van der Waals surface area contributed by atoms with Crippen LogP contribution in [-0.4, -0.2) is 27.1 Å². The van der Waals surface area contributed by atoms with E-state index >= 15 is 0 Å². The molecule has 1 amide bonds. The van der Waals surface area contributed by atoms with Crippen molar-refractivity contribution in [2.24, 2.45) is 0 Å². The van der Waals surface area contributed by atoms with E-state index < -0.39 is 0 Å². The van der Waals surface area contributed by atoms with Gasteiger partial charge in [0.15, 0.2) is 0 Å². The molecule has 0 aromatic heterocycles. The van der Waals surface area contributed by atoms with Gasteiger partial charge in [-0.25, -0.2) is 0 Å². The topological polar surface area (TPSA) is 49.6 Å². The Morgan fingerprint density at radius 2 is 1.76 bits per heavy atom. The molecule has 0 atom stereocenters. The molecule has 0 fully saturated rings. The van der Waals surface area contributed by atoms with Gasteiger partial charge in [0.2, 0.25) is 0 Å². The van der Waals surface area contributed by atoms with Gasteiger partial charge in [-0.3, -0.25) is 4.79 Å². The van der Waals surface area contributed by atoms with Crippen molar-refractivity contribution in [3.8, 4) is 0 Å². The highest BCUT2D eigenvalue weighted by molar-refractivity contribution is 6.06. The summed E-state index contributed by atoms with van der Waals surface area (Å²) in [6, 6.07) is 13.2. The summed E-state index contributed by atoms with van der Waals surface area (Å²) in [6.45, 7) is 2.01. The van der Waals surface area contributed by atoms with Gasteiger partial charge in [-0.15, -0.1) is 0 Å². The van der Waals surface area contributed by atoms with Crippen LogP contribution in [0.1, 0.15) is 15.9 Å². The Morgan fingerprint density at radius 3 is 2.33 bits per heavy atom. The predicted molar refractivity (Wildman–Crippen MR) is 89.1 cm³/mol. The molecule has 0 spiro atoms. The largest absolute Gasteiger partial charge is 0.397 e. The smallest absolute Gasteiger partial charge is 0.258 e. The molecule has 0 aliphatic carbocycles. The summed E-state index contributed by atoms with van der Waals surface area (Å²) in [6.07, 6.45) is 0. The molecule has 4 nitrogen and oxygen atoms in total. The highest BCUT2D eigenvalue weighted by atomic mass is 16.2. The Kier molecular flexibility index (Phi) is 4.17. The summed E-state index contributed by atoms with van der Waals surface area (Å²) < 4.78 is 0. The fourth-order valence-electron chi connectivity index (χ4n) is 2.24. The van der Waals surface area contributed by atoms with E-state index in [0.29, 0.717) is 11.3 Å². The molecule has 0 radical (unpaired) electrons. The Balaban J connectivity index is 2.29. The number of hydrogen-bond acceptors (Lipinski definition) is 3. The predicted octanol–water partition coefficient (Wildman–Crippen LogP) is 2.92. The maximum absolute atomic E-state index is 12.5. The molecule has 0 aliphatic rings. The van der Waals surface area contributed by atoms with Crippen molar-refractivity contribution < 1.29 is 4.79 Å². The maximum atomic E-state index is 12.5. The van der Waals surface area contributed by atoms with Gasteiger partial charge in [0.1, 0.15) is 0 Å². The van der Waals surface area contributed by atoms with Crippen LogP contribution in [0.3, 0.4) is 0 Å². The second kappa shape index (κ2) is 5.87. The quantitative estimate of drug-likeness (QED) is 0.881. The van der Waals surface area contributed by atoms with E-state index in [4.69, 9.17) is 5.73 Å². The third kappa shape index (κ3) is 3.16. The lowest BCUT2D eigenvalue weighted by molar-refractivity contribution is 0.0993. The van der Waals surface area contributed by atoms with Gasteiger partial charge in [0.05, 0.1) is 11.4 Å². The molecular formula is C17H21N3O. The summed E-state index contributed by atoms with van der Waals surface area (Å²) in [4.78, 5) is 16.1. The average molecular weight is 283 g/mol. The molecular weight excluding hydrogens is 262 g/mol. The molecule has 0 unspecified atom stereocenters. The van der Waals surface area contributed by atoms with Crippen molar-refractivity contribution in [3.63, 3.8) is 0 Å². The van der Waals surface area contributed by atoms with Crippen LogP contribution in [-0.2, 0) is 0 Å². The molecule has 0 saturated heterocycles. The van der Waals surface area contributed by atoms with Crippen LogP contribution in [0.25, 0.3) is 0 Å². The van der Waals surface area contributed by atoms with Crippen LogP contribution in [0.5, 0.6) is 0 Å². The minimum Gasteiger partial charge on any atom is -0.397 e. The van der Waals surface area contributed by atoms with Gasteiger partial charge in [0.25, 0.3) is 5.91 Å². The molecule has 0 bridgehead atoms. The van der Waals surface area contributed by atoms with E-state index in [2.05, 4.69) is 0 Å². The van der Waals surface area contributed by atoms with Gasteiger partial charge in [-0.1, -0.05) is 12.1 Å².